The van der Waals surface area contributed by atoms with Crippen molar-refractivity contribution in [2.45, 2.75) is 23.8 Å². The van der Waals surface area contributed by atoms with E-state index in [2.05, 4.69) is 10.0 Å². The third-order valence-electron chi connectivity index (χ3n) is 3.41. The Labute approximate surface area is 122 Å². The molecule has 0 aromatic heterocycles. The SMILES string of the molecule is O=C1CCC(NS(=O)(=O)c2ccc3c(c2)OCCO3)CN1. The fraction of sp³-hybridized carbons (Fsp3) is 0.462. The van der Waals surface area contributed by atoms with E-state index in [1.807, 2.05) is 0 Å². The van der Waals surface area contributed by atoms with Gasteiger partial charge in [-0.15, -0.1) is 0 Å². The zero-order valence-corrected chi connectivity index (χ0v) is 12.1. The summed E-state index contributed by atoms with van der Waals surface area (Å²) in [6.07, 6.45) is 0.823. The average molecular weight is 312 g/mol. The molecule has 2 aliphatic heterocycles. The van der Waals surface area contributed by atoms with Crippen molar-refractivity contribution in [1.29, 1.82) is 0 Å². The summed E-state index contributed by atoms with van der Waals surface area (Å²) in [5.41, 5.74) is 0. The largest absolute Gasteiger partial charge is 0.486 e. The molecule has 3 rings (SSSR count). The molecule has 2 N–H and O–H groups in total. The summed E-state index contributed by atoms with van der Waals surface area (Å²) < 4.78 is 38.0. The predicted molar refractivity (Wildman–Crippen MR) is 73.8 cm³/mol. The molecule has 1 amide bonds. The molecule has 0 radical (unpaired) electrons. The predicted octanol–water partition coefficient (Wildman–Crippen LogP) is 0.0147. The van der Waals surface area contributed by atoms with Crippen LogP contribution in [0.5, 0.6) is 11.5 Å². The molecule has 1 aromatic rings. The van der Waals surface area contributed by atoms with Gasteiger partial charge < -0.3 is 14.8 Å². The maximum atomic E-state index is 12.3. The summed E-state index contributed by atoms with van der Waals surface area (Å²) >= 11 is 0. The third kappa shape index (κ3) is 3.11. The van der Waals surface area contributed by atoms with E-state index in [9.17, 15) is 13.2 Å². The summed E-state index contributed by atoms with van der Waals surface area (Å²) in [6.45, 7) is 1.17. The zero-order valence-electron chi connectivity index (χ0n) is 11.3. The first-order valence-corrected chi connectivity index (χ1v) is 8.21. The van der Waals surface area contributed by atoms with Crippen molar-refractivity contribution in [1.82, 2.24) is 10.0 Å². The van der Waals surface area contributed by atoms with Crippen LogP contribution in [0.1, 0.15) is 12.8 Å². The number of sulfonamides is 1. The quantitative estimate of drug-likeness (QED) is 0.820. The van der Waals surface area contributed by atoms with Crippen LogP contribution in [-0.4, -0.2) is 40.1 Å². The maximum Gasteiger partial charge on any atom is 0.241 e. The Hall–Kier alpha value is -1.80. The van der Waals surface area contributed by atoms with Crippen LogP contribution in [0.2, 0.25) is 0 Å². The fourth-order valence-electron chi connectivity index (χ4n) is 2.31. The van der Waals surface area contributed by atoms with Gasteiger partial charge in [0.25, 0.3) is 0 Å². The second-order valence-corrected chi connectivity index (χ2v) is 6.68. The Morgan fingerprint density at radius 2 is 1.95 bits per heavy atom. The van der Waals surface area contributed by atoms with Gasteiger partial charge in [-0.3, -0.25) is 4.79 Å². The highest BCUT2D eigenvalue weighted by atomic mass is 32.2. The van der Waals surface area contributed by atoms with Crippen molar-refractivity contribution in [3.8, 4) is 11.5 Å². The van der Waals surface area contributed by atoms with Crippen LogP contribution in [-0.2, 0) is 14.8 Å². The van der Waals surface area contributed by atoms with Crippen molar-refractivity contribution in [2.75, 3.05) is 19.8 Å². The van der Waals surface area contributed by atoms with Gasteiger partial charge in [0.05, 0.1) is 4.90 Å². The molecule has 1 fully saturated rings. The fourth-order valence-corrected chi connectivity index (χ4v) is 3.60. The lowest BCUT2D eigenvalue weighted by Gasteiger charge is -2.24. The zero-order chi connectivity index (χ0) is 14.9. The minimum atomic E-state index is -3.65. The first-order chi connectivity index (χ1) is 10.0. The molecule has 2 aliphatic rings. The number of carbonyl (C=O) groups excluding carboxylic acids is 1. The molecule has 21 heavy (non-hydrogen) atoms. The molecule has 0 bridgehead atoms. The van der Waals surface area contributed by atoms with E-state index < -0.39 is 10.0 Å². The minimum Gasteiger partial charge on any atom is -0.486 e. The van der Waals surface area contributed by atoms with Crippen LogP contribution < -0.4 is 19.5 Å². The van der Waals surface area contributed by atoms with Gasteiger partial charge >= 0.3 is 0 Å². The van der Waals surface area contributed by atoms with Crippen LogP contribution in [0.3, 0.4) is 0 Å². The lowest BCUT2D eigenvalue weighted by Crippen LogP contribution is -2.47. The first kappa shape index (κ1) is 14.2. The van der Waals surface area contributed by atoms with Crippen LogP contribution >= 0.6 is 0 Å². The number of hydrogen-bond donors (Lipinski definition) is 2. The molecule has 1 aromatic carbocycles. The second kappa shape index (κ2) is 5.53. The number of piperidine rings is 1. The number of fused-ring (bicyclic) bond motifs is 1. The smallest absolute Gasteiger partial charge is 0.241 e. The Morgan fingerprint density at radius 3 is 2.67 bits per heavy atom. The molecule has 1 atom stereocenters. The standard InChI is InChI=1S/C13H16N2O5S/c16-13-4-1-9(8-14-13)15-21(17,18)10-2-3-11-12(7-10)20-6-5-19-11/h2-3,7,9,15H,1,4-6,8H2,(H,14,16). The number of ether oxygens (including phenoxy) is 2. The molecular weight excluding hydrogens is 296 g/mol. The van der Waals surface area contributed by atoms with Gasteiger partial charge in [0.2, 0.25) is 15.9 Å². The molecule has 114 valence electrons. The molecule has 0 aliphatic carbocycles. The van der Waals surface area contributed by atoms with Crippen LogP contribution in [0.15, 0.2) is 23.1 Å². The monoisotopic (exact) mass is 312 g/mol. The van der Waals surface area contributed by atoms with Gasteiger partial charge in [-0.05, 0) is 18.6 Å². The third-order valence-corrected chi connectivity index (χ3v) is 4.93. The molecular formula is C13H16N2O5S. The summed E-state index contributed by atoms with van der Waals surface area (Å²) in [5, 5.41) is 2.65. The Balaban J connectivity index is 1.76. The number of carbonyl (C=O) groups is 1. The second-order valence-electron chi connectivity index (χ2n) is 4.97. The first-order valence-electron chi connectivity index (χ1n) is 6.73. The van der Waals surface area contributed by atoms with Gasteiger partial charge in [-0.2, -0.15) is 0 Å². The molecule has 1 unspecified atom stereocenters. The van der Waals surface area contributed by atoms with E-state index in [4.69, 9.17) is 9.47 Å². The summed E-state index contributed by atoms with van der Waals surface area (Å²) in [7, 11) is -3.65. The summed E-state index contributed by atoms with van der Waals surface area (Å²) in [4.78, 5) is 11.2. The highest BCUT2D eigenvalue weighted by molar-refractivity contribution is 7.89. The molecule has 7 nitrogen and oxygen atoms in total. The van der Waals surface area contributed by atoms with Crippen molar-refractivity contribution in [3.05, 3.63) is 18.2 Å². The van der Waals surface area contributed by atoms with Crippen molar-refractivity contribution in [3.63, 3.8) is 0 Å². The number of rotatable bonds is 3. The highest BCUT2D eigenvalue weighted by Gasteiger charge is 2.25. The normalized spacial score (nSPS) is 21.7. The lowest BCUT2D eigenvalue weighted by molar-refractivity contribution is -0.122. The average Bonchev–Trinajstić information content (AvgIpc) is 2.49. The van der Waals surface area contributed by atoms with Crippen molar-refractivity contribution >= 4 is 15.9 Å². The molecule has 8 heteroatoms. The minimum absolute atomic E-state index is 0.0511. The van der Waals surface area contributed by atoms with Crippen LogP contribution in [0, 0.1) is 0 Å². The van der Waals surface area contributed by atoms with E-state index in [1.54, 1.807) is 6.07 Å². The highest BCUT2D eigenvalue weighted by Crippen LogP contribution is 2.32. The van der Waals surface area contributed by atoms with Gasteiger partial charge in [-0.25, -0.2) is 13.1 Å². The van der Waals surface area contributed by atoms with Crippen LogP contribution in [0.25, 0.3) is 0 Å². The number of hydrogen-bond acceptors (Lipinski definition) is 5. The summed E-state index contributed by atoms with van der Waals surface area (Å²) in [5.74, 6) is 0.927. The van der Waals surface area contributed by atoms with Gasteiger partial charge in [-0.1, -0.05) is 0 Å². The lowest BCUT2D eigenvalue weighted by atomic mass is 10.1. The Morgan fingerprint density at radius 1 is 1.19 bits per heavy atom. The van der Waals surface area contributed by atoms with E-state index >= 15 is 0 Å². The van der Waals surface area contributed by atoms with E-state index in [1.165, 1.54) is 12.1 Å². The van der Waals surface area contributed by atoms with Crippen LogP contribution in [0.4, 0.5) is 0 Å². The summed E-state index contributed by atoms with van der Waals surface area (Å²) in [6, 6.07) is 4.24. The van der Waals surface area contributed by atoms with Crippen molar-refractivity contribution in [2.24, 2.45) is 0 Å². The Bertz CT molecular complexity index is 649. The van der Waals surface area contributed by atoms with E-state index in [0.717, 1.165) is 0 Å². The number of nitrogens with one attached hydrogen (secondary N) is 2. The van der Waals surface area contributed by atoms with Gasteiger partial charge in [0, 0.05) is 25.1 Å². The maximum absolute atomic E-state index is 12.3. The van der Waals surface area contributed by atoms with E-state index in [-0.39, 0.29) is 16.8 Å². The van der Waals surface area contributed by atoms with E-state index in [0.29, 0.717) is 44.1 Å². The number of amides is 1. The number of benzene rings is 1. The van der Waals surface area contributed by atoms with Gasteiger partial charge in [0.1, 0.15) is 13.2 Å². The molecule has 0 spiro atoms. The molecule has 2 heterocycles. The molecule has 1 saturated heterocycles. The van der Waals surface area contributed by atoms with Crippen molar-refractivity contribution < 1.29 is 22.7 Å². The van der Waals surface area contributed by atoms with Gasteiger partial charge in [0.15, 0.2) is 11.5 Å². The topological polar surface area (TPSA) is 93.7 Å². The molecule has 0 saturated carbocycles. The Kier molecular flexibility index (Phi) is 3.73.